The van der Waals surface area contributed by atoms with Gasteiger partial charge >= 0.3 is 0 Å². The molecule has 2 aliphatic rings. The standard InChI is InChI=1S/C25H28N4O4/c1-15-19(24(30)28-10-4-5-11-28)14-26-23(27-15)20-7-6-12-29(20)25(31)22-16(2)33-21-9-8-17(32-3)13-18(21)22/h8-9,13-14,20H,4-7,10-12H2,1-3H3. The van der Waals surface area contributed by atoms with E-state index in [1.165, 1.54) is 0 Å². The zero-order valence-electron chi connectivity index (χ0n) is 19.3. The Labute approximate surface area is 192 Å². The average molecular weight is 449 g/mol. The summed E-state index contributed by atoms with van der Waals surface area (Å²) in [6.07, 6.45) is 5.35. The Balaban J connectivity index is 1.44. The fourth-order valence-electron chi connectivity index (χ4n) is 4.96. The third-order valence-corrected chi connectivity index (χ3v) is 6.72. The van der Waals surface area contributed by atoms with Crippen LogP contribution in [0, 0.1) is 13.8 Å². The Kier molecular flexibility index (Phi) is 5.52. The molecule has 1 aromatic carbocycles. The van der Waals surface area contributed by atoms with Crippen LogP contribution in [0.2, 0.25) is 0 Å². The number of benzene rings is 1. The van der Waals surface area contributed by atoms with E-state index in [0.717, 1.165) is 44.2 Å². The lowest BCUT2D eigenvalue weighted by atomic mass is 10.1. The molecule has 0 aliphatic carbocycles. The van der Waals surface area contributed by atoms with Gasteiger partial charge in [0.25, 0.3) is 11.8 Å². The molecule has 2 aliphatic heterocycles. The number of aromatic nitrogens is 2. The van der Waals surface area contributed by atoms with E-state index in [1.807, 2.05) is 41.8 Å². The van der Waals surface area contributed by atoms with Gasteiger partial charge in [-0.1, -0.05) is 0 Å². The van der Waals surface area contributed by atoms with Crippen molar-refractivity contribution in [3.63, 3.8) is 0 Å². The minimum Gasteiger partial charge on any atom is -0.497 e. The number of furan rings is 1. The lowest BCUT2D eigenvalue weighted by molar-refractivity contribution is 0.0726. The molecule has 2 amide bonds. The van der Waals surface area contributed by atoms with Crippen LogP contribution in [0.1, 0.15) is 69.7 Å². The van der Waals surface area contributed by atoms with Gasteiger partial charge in [-0.05, 0) is 57.7 Å². The van der Waals surface area contributed by atoms with E-state index in [0.29, 0.717) is 46.3 Å². The molecule has 0 saturated carbocycles. The van der Waals surface area contributed by atoms with E-state index in [2.05, 4.69) is 9.97 Å². The van der Waals surface area contributed by atoms with Crippen molar-refractivity contribution in [2.45, 2.75) is 45.6 Å². The number of hydrogen-bond acceptors (Lipinski definition) is 6. The van der Waals surface area contributed by atoms with Gasteiger partial charge in [0.1, 0.15) is 17.1 Å². The number of ether oxygens (including phenoxy) is 1. The molecule has 2 aromatic heterocycles. The Morgan fingerprint density at radius 3 is 2.61 bits per heavy atom. The topological polar surface area (TPSA) is 88.8 Å². The Morgan fingerprint density at radius 1 is 1.09 bits per heavy atom. The molecule has 1 unspecified atom stereocenters. The van der Waals surface area contributed by atoms with E-state index in [-0.39, 0.29) is 17.9 Å². The molecular weight excluding hydrogens is 420 g/mol. The molecule has 8 nitrogen and oxygen atoms in total. The highest BCUT2D eigenvalue weighted by Gasteiger charge is 2.35. The summed E-state index contributed by atoms with van der Waals surface area (Å²) in [7, 11) is 1.60. The first-order valence-corrected chi connectivity index (χ1v) is 11.5. The maximum atomic E-state index is 13.7. The number of aryl methyl sites for hydroxylation is 2. The van der Waals surface area contributed by atoms with Crippen LogP contribution in [0.25, 0.3) is 11.0 Å². The quantitative estimate of drug-likeness (QED) is 0.598. The summed E-state index contributed by atoms with van der Waals surface area (Å²) in [6, 6.07) is 5.24. The summed E-state index contributed by atoms with van der Waals surface area (Å²) in [4.78, 5) is 39.4. The zero-order chi connectivity index (χ0) is 23.1. The number of fused-ring (bicyclic) bond motifs is 1. The SMILES string of the molecule is COc1ccc2oc(C)c(C(=O)N3CCCC3c3ncc(C(=O)N4CCCC4)c(C)n3)c2c1. The third kappa shape index (κ3) is 3.73. The van der Waals surface area contributed by atoms with Crippen molar-refractivity contribution in [3.8, 4) is 5.75 Å². The molecule has 2 saturated heterocycles. The summed E-state index contributed by atoms with van der Waals surface area (Å²) in [5, 5.41) is 0.742. The smallest absolute Gasteiger partial charge is 0.258 e. The van der Waals surface area contributed by atoms with Crippen LogP contribution >= 0.6 is 0 Å². The average Bonchev–Trinajstić information content (AvgIpc) is 3.57. The van der Waals surface area contributed by atoms with Crippen LogP contribution in [-0.4, -0.2) is 58.3 Å². The molecule has 3 aromatic rings. The molecule has 1 atom stereocenters. The molecule has 0 N–H and O–H groups in total. The van der Waals surface area contributed by atoms with Gasteiger partial charge in [0.05, 0.1) is 30.0 Å². The number of hydrogen-bond donors (Lipinski definition) is 0. The molecule has 4 heterocycles. The van der Waals surface area contributed by atoms with Crippen LogP contribution in [0.15, 0.2) is 28.8 Å². The van der Waals surface area contributed by atoms with E-state index in [1.54, 1.807) is 13.3 Å². The predicted molar refractivity (Wildman–Crippen MR) is 122 cm³/mol. The fraction of sp³-hybridized carbons (Fsp3) is 0.440. The van der Waals surface area contributed by atoms with Gasteiger partial charge in [-0.15, -0.1) is 0 Å². The normalized spacial score (nSPS) is 18.3. The summed E-state index contributed by atoms with van der Waals surface area (Å²) in [5.74, 6) is 1.73. The summed E-state index contributed by atoms with van der Waals surface area (Å²) < 4.78 is 11.2. The Bertz CT molecular complexity index is 1230. The van der Waals surface area contributed by atoms with E-state index in [9.17, 15) is 9.59 Å². The zero-order valence-corrected chi connectivity index (χ0v) is 19.3. The summed E-state index contributed by atoms with van der Waals surface area (Å²) in [6.45, 7) is 5.84. The van der Waals surface area contributed by atoms with Gasteiger partial charge in [0.2, 0.25) is 0 Å². The third-order valence-electron chi connectivity index (χ3n) is 6.72. The number of carbonyl (C=O) groups excluding carboxylic acids is 2. The molecule has 0 radical (unpaired) electrons. The van der Waals surface area contributed by atoms with Crippen molar-refractivity contribution in [2.24, 2.45) is 0 Å². The number of carbonyl (C=O) groups is 2. The number of nitrogens with zero attached hydrogens (tertiary/aromatic N) is 4. The molecule has 0 bridgehead atoms. The van der Waals surface area contributed by atoms with Crippen molar-refractivity contribution in [1.29, 1.82) is 0 Å². The minimum absolute atomic E-state index is 0.00894. The lowest BCUT2D eigenvalue weighted by Gasteiger charge is -2.24. The number of rotatable bonds is 4. The second kappa shape index (κ2) is 8.50. The second-order valence-electron chi connectivity index (χ2n) is 8.78. The van der Waals surface area contributed by atoms with Crippen molar-refractivity contribution in [3.05, 3.63) is 52.8 Å². The maximum Gasteiger partial charge on any atom is 0.258 e. The minimum atomic E-state index is -0.234. The van der Waals surface area contributed by atoms with E-state index >= 15 is 0 Å². The van der Waals surface area contributed by atoms with Gasteiger partial charge in [0.15, 0.2) is 5.82 Å². The molecule has 8 heteroatoms. The van der Waals surface area contributed by atoms with Crippen LogP contribution < -0.4 is 4.74 Å². The maximum absolute atomic E-state index is 13.7. The monoisotopic (exact) mass is 448 g/mol. The predicted octanol–water partition coefficient (Wildman–Crippen LogP) is 4.06. The molecule has 33 heavy (non-hydrogen) atoms. The molecule has 0 spiro atoms. The van der Waals surface area contributed by atoms with Crippen molar-refractivity contribution >= 4 is 22.8 Å². The second-order valence-corrected chi connectivity index (χ2v) is 8.78. The van der Waals surface area contributed by atoms with Crippen LogP contribution in [-0.2, 0) is 0 Å². The van der Waals surface area contributed by atoms with Crippen LogP contribution in [0.4, 0.5) is 0 Å². The lowest BCUT2D eigenvalue weighted by Crippen LogP contribution is -2.32. The van der Waals surface area contributed by atoms with Gasteiger partial charge in [0, 0.05) is 31.2 Å². The number of methoxy groups -OCH3 is 1. The molecule has 5 rings (SSSR count). The van der Waals surface area contributed by atoms with E-state index in [4.69, 9.17) is 9.15 Å². The van der Waals surface area contributed by atoms with Crippen molar-refractivity contribution in [2.75, 3.05) is 26.7 Å². The number of likely N-dealkylation sites (tertiary alicyclic amines) is 2. The fourth-order valence-corrected chi connectivity index (χ4v) is 4.96. The highest BCUT2D eigenvalue weighted by atomic mass is 16.5. The Morgan fingerprint density at radius 2 is 1.88 bits per heavy atom. The van der Waals surface area contributed by atoms with Gasteiger partial charge in [-0.25, -0.2) is 9.97 Å². The first-order valence-electron chi connectivity index (χ1n) is 11.5. The van der Waals surface area contributed by atoms with Crippen LogP contribution in [0.5, 0.6) is 5.75 Å². The summed E-state index contributed by atoms with van der Waals surface area (Å²) >= 11 is 0. The van der Waals surface area contributed by atoms with Crippen molar-refractivity contribution in [1.82, 2.24) is 19.8 Å². The van der Waals surface area contributed by atoms with Gasteiger partial charge < -0.3 is 19.0 Å². The van der Waals surface area contributed by atoms with Crippen LogP contribution in [0.3, 0.4) is 0 Å². The summed E-state index contributed by atoms with van der Waals surface area (Å²) in [5.41, 5.74) is 2.41. The highest BCUT2D eigenvalue weighted by molar-refractivity contribution is 6.07. The number of amides is 2. The Hall–Kier alpha value is -3.42. The highest BCUT2D eigenvalue weighted by Crippen LogP contribution is 2.36. The van der Waals surface area contributed by atoms with E-state index < -0.39 is 0 Å². The molecule has 2 fully saturated rings. The largest absolute Gasteiger partial charge is 0.497 e. The van der Waals surface area contributed by atoms with Gasteiger partial charge in [-0.2, -0.15) is 0 Å². The molecular formula is C25H28N4O4. The molecule has 172 valence electrons. The van der Waals surface area contributed by atoms with Crippen molar-refractivity contribution < 1.29 is 18.7 Å². The van der Waals surface area contributed by atoms with Gasteiger partial charge in [-0.3, -0.25) is 9.59 Å². The first-order chi connectivity index (χ1) is 16.0. The first kappa shape index (κ1) is 21.4.